The minimum atomic E-state index is 0.102. The third kappa shape index (κ3) is 5.14. The van der Waals surface area contributed by atoms with Crippen molar-refractivity contribution in [2.75, 3.05) is 25.6 Å². The lowest BCUT2D eigenvalue weighted by molar-refractivity contribution is 0.0806. The third-order valence-electron chi connectivity index (χ3n) is 1.62. The predicted molar refractivity (Wildman–Crippen MR) is 62.6 cm³/mol. The quantitative estimate of drug-likeness (QED) is 0.611. The molecule has 0 radical (unpaired) electrons. The summed E-state index contributed by atoms with van der Waals surface area (Å²) in [5.74, 6) is 0.986. The Morgan fingerprint density at radius 3 is 2.75 bits per heavy atom. The largest absolute Gasteiger partial charge is 0.475 e. The highest BCUT2D eigenvalue weighted by atomic mass is 35.5. The van der Waals surface area contributed by atoms with Crippen molar-refractivity contribution in [3.05, 3.63) is 11.2 Å². The summed E-state index contributed by atoms with van der Waals surface area (Å²) in [6, 6.07) is 1.51. The number of hydrogen-bond acceptors (Lipinski definition) is 5. The summed E-state index contributed by atoms with van der Waals surface area (Å²) in [5, 5.41) is 0.269. The van der Waals surface area contributed by atoms with Gasteiger partial charge in [-0.25, -0.2) is 4.98 Å². The zero-order chi connectivity index (χ0) is 12.0. The summed E-state index contributed by atoms with van der Waals surface area (Å²) >= 11 is 5.69. The molecule has 1 rings (SSSR count). The molecule has 0 amide bonds. The van der Waals surface area contributed by atoms with Gasteiger partial charge in [0.05, 0.1) is 6.61 Å². The molecule has 0 bridgehead atoms. The molecule has 0 saturated heterocycles. The Labute approximate surface area is 99.9 Å². The Morgan fingerprint density at radius 1 is 1.38 bits per heavy atom. The molecule has 1 aromatic heterocycles. The Bertz CT molecular complexity index is 314. The third-order valence-corrected chi connectivity index (χ3v) is 1.81. The molecule has 0 aromatic carbocycles. The van der Waals surface area contributed by atoms with Gasteiger partial charge in [0.15, 0.2) is 0 Å². The van der Waals surface area contributed by atoms with Crippen LogP contribution in [0.4, 0.5) is 5.95 Å². The van der Waals surface area contributed by atoms with Gasteiger partial charge in [0.25, 0.3) is 0 Å². The first kappa shape index (κ1) is 13.0. The fraction of sp³-hybridized carbons (Fsp3) is 0.600. The molecule has 6 heteroatoms. The van der Waals surface area contributed by atoms with Crippen LogP contribution in [-0.2, 0) is 4.74 Å². The number of rotatable bonds is 6. The minimum absolute atomic E-state index is 0.102. The monoisotopic (exact) mass is 245 g/mol. The number of hydrogen-bond donors (Lipinski definition) is 1. The van der Waals surface area contributed by atoms with Crippen molar-refractivity contribution in [3.63, 3.8) is 0 Å². The number of ether oxygens (including phenoxy) is 2. The lowest BCUT2D eigenvalue weighted by atomic mass is 10.2. The topological polar surface area (TPSA) is 70.3 Å². The molecule has 0 atom stereocenters. The average Bonchev–Trinajstić information content (AvgIpc) is 2.15. The van der Waals surface area contributed by atoms with Gasteiger partial charge in [-0.15, -0.1) is 0 Å². The van der Waals surface area contributed by atoms with Gasteiger partial charge < -0.3 is 15.2 Å². The van der Waals surface area contributed by atoms with E-state index in [-0.39, 0.29) is 11.1 Å². The molecule has 2 N–H and O–H groups in total. The highest BCUT2D eigenvalue weighted by Gasteiger charge is 2.01. The number of nitrogen functional groups attached to an aromatic ring is 1. The van der Waals surface area contributed by atoms with E-state index in [1.807, 2.05) is 0 Å². The molecule has 90 valence electrons. The van der Waals surface area contributed by atoms with Crippen LogP contribution in [0.2, 0.25) is 5.15 Å². The molecule has 16 heavy (non-hydrogen) atoms. The zero-order valence-corrected chi connectivity index (χ0v) is 10.2. The van der Waals surface area contributed by atoms with E-state index in [1.165, 1.54) is 6.07 Å². The van der Waals surface area contributed by atoms with Crippen LogP contribution >= 0.6 is 11.6 Å². The standard InChI is InChI=1S/C10H16ClN3O2/c1-7(2)6-15-3-4-16-9-5-8(11)13-10(12)14-9/h5,7H,3-4,6H2,1-2H3,(H2,12,13,14). The Hall–Kier alpha value is -1.07. The molecule has 0 spiro atoms. The number of halogens is 1. The molecule has 1 heterocycles. The first-order valence-corrected chi connectivity index (χ1v) is 5.46. The van der Waals surface area contributed by atoms with Crippen LogP contribution in [-0.4, -0.2) is 29.8 Å². The Kier molecular flexibility index (Phi) is 5.28. The normalized spacial score (nSPS) is 10.8. The van der Waals surface area contributed by atoms with Crippen LogP contribution in [0.1, 0.15) is 13.8 Å². The molecule has 0 aliphatic rings. The number of nitrogens with two attached hydrogens (primary N) is 1. The molecule has 1 aromatic rings. The van der Waals surface area contributed by atoms with Crippen LogP contribution in [0.3, 0.4) is 0 Å². The number of nitrogens with zero attached hydrogens (tertiary/aromatic N) is 2. The maximum Gasteiger partial charge on any atom is 0.224 e. The molecule has 0 unspecified atom stereocenters. The lowest BCUT2D eigenvalue weighted by Crippen LogP contribution is -2.11. The lowest BCUT2D eigenvalue weighted by Gasteiger charge is -2.08. The Morgan fingerprint density at radius 2 is 2.12 bits per heavy atom. The fourth-order valence-corrected chi connectivity index (χ4v) is 1.19. The van der Waals surface area contributed by atoms with Crippen molar-refractivity contribution in [2.24, 2.45) is 5.92 Å². The fourth-order valence-electron chi connectivity index (χ4n) is 1.01. The van der Waals surface area contributed by atoms with Gasteiger partial charge in [-0.2, -0.15) is 4.98 Å². The summed E-state index contributed by atoms with van der Waals surface area (Å²) < 4.78 is 10.7. The van der Waals surface area contributed by atoms with Gasteiger partial charge in [-0.1, -0.05) is 25.4 Å². The molecule has 0 fully saturated rings. The summed E-state index contributed by atoms with van der Waals surface area (Å²) in [4.78, 5) is 7.59. The summed E-state index contributed by atoms with van der Waals surface area (Å²) in [5.41, 5.74) is 5.41. The van der Waals surface area contributed by atoms with E-state index < -0.39 is 0 Å². The maximum absolute atomic E-state index is 5.69. The van der Waals surface area contributed by atoms with Crippen molar-refractivity contribution in [3.8, 4) is 5.88 Å². The zero-order valence-electron chi connectivity index (χ0n) is 9.44. The highest BCUT2D eigenvalue weighted by Crippen LogP contribution is 2.14. The first-order valence-electron chi connectivity index (χ1n) is 5.08. The molecule has 0 aliphatic heterocycles. The highest BCUT2D eigenvalue weighted by molar-refractivity contribution is 6.29. The average molecular weight is 246 g/mol. The first-order chi connectivity index (χ1) is 7.58. The SMILES string of the molecule is CC(C)COCCOc1cc(Cl)nc(N)n1. The maximum atomic E-state index is 5.69. The minimum Gasteiger partial charge on any atom is -0.475 e. The second-order valence-corrected chi connectivity index (χ2v) is 4.09. The smallest absolute Gasteiger partial charge is 0.224 e. The van der Waals surface area contributed by atoms with Crippen molar-refractivity contribution in [2.45, 2.75) is 13.8 Å². The van der Waals surface area contributed by atoms with E-state index >= 15 is 0 Å². The second-order valence-electron chi connectivity index (χ2n) is 3.70. The van der Waals surface area contributed by atoms with E-state index in [2.05, 4.69) is 23.8 Å². The molecule has 0 aliphatic carbocycles. The van der Waals surface area contributed by atoms with Crippen LogP contribution in [0, 0.1) is 5.92 Å². The molecule has 5 nitrogen and oxygen atoms in total. The van der Waals surface area contributed by atoms with E-state index in [9.17, 15) is 0 Å². The molecular formula is C10H16ClN3O2. The summed E-state index contributed by atoms with van der Waals surface area (Å²) in [6.07, 6.45) is 0. The van der Waals surface area contributed by atoms with Crippen molar-refractivity contribution >= 4 is 17.5 Å². The van der Waals surface area contributed by atoms with Crippen molar-refractivity contribution < 1.29 is 9.47 Å². The van der Waals surface area contributed by atoms with Crippen molar-refractivity contribution in [1.29, 1.82) is 0 Å². The van der Waals surface area contributed by atoms with Crippen molar-refractivity contribution in [1.82, 2.24) is 9.97 Å². The van der Waals surface area contributed by atoms with E-state index in [0.29, 0.717) is 25.0 Å². The van der Waals surface area contributed by atoms with Gasteiger partial charge in [0.1, 0.15) is 11.8 Å². The van der Waals surface area contributed by atoms with E-state index in [0.717, 1.165) is 6.61 Å². The second kappa shape index (κ2) is 6.50. The van der Waals surface area contributed by atoms with Crippen LogP contribution in [0.25, 0.3) is 0 Å². The van der Waals surface area contributed by atoms with E-state index in [1.54, 1.807) is 0 Å². The van der Waals surface area contributed by atoms with Gasteiger partial charge in [-0.3, -0.25) is 0 Å². The number of anilines is 1. The van der Waals surface area contributed by atoms with Gasteiger partial charge in [0.2, 0.25) is 11.8 Å². The predicted octanol–water partition coefficient (Wildman–Crippen LogP) is 1.76. The van der Waals surface area contributed by atoms with Crippen LogP contribution in [0.5, 0.6) is 5.88 Å². The van der Waals surface area contributed by atoms with Gasteiger partial charge in [-0.05, 0) is 5.92 Å². The van der Waals surface area contributed by atoms with E-state index in [4.69, 9.17) is 26.8 Å². The molecule has 0 saturated carbocycles. The summed E-state index contributed by atoms with van der Waals surface area (Å²) in [7, 11) is 0. The Balaban J connectivity index is 2.26. The van der Waals surface area contributed by atoms with Crippen LogP contribution < -0.4 is 10.5 Å². The van der Waals surface area contributed by atoms with Gasteiger partial charge >= 0.3 is 0 Å². The number of aromatic nitrogens is 2. The summed E-state index contributed by atoms with van der Waals surface area (Å²) in [6.45, 7) is 5.83. The van der Waals surface area contributed by atoms with Gasteiger partial charge in [0, 0.05) is 12.7 Å². The molecular weight excluding hydrogens is 230 g/mol. The van der Waals surface area contributed by atoms with Crippen LogP contribution in [0.15, 0.2) is 6.07 Å².